The summed E-state index contributed by atoms with van der Waals surface area (Å²) in [6, 6.07) is 18.6. The number of rotatable bonds is 3. The average molecular weight is 251 g/mol. The van der Waals surface area contributed by atoms with Gasteiger partial charge in [0.1, 0.15) is 11.5 Å². The third-order valence-corrected chi connectivity index (χ3v) is 3.47. The first-order chi connectivity index (χ1) is 9.28. The summed E-state index contributed by atoms with van der Waals surface area (Å²) in [7, 11) is 0. The molecule has 0 bridgehead atoms. The van der Waals surface area contributed by atoms with Crippen LogP contribution in [0.3, 0.4) is 0 Å². The third-order valence-electron chi connectivity index (χ3n) is 3.47. The molecule has 1 unspecified atom stereocenters. The summed E-state index contributed by atoms with van der Waals surface area (Å²) in [5.74, 6) is 1.73. The van der Waals surface area contributed by atoms with Crippen LogP contribution >= 0.6 is 0 Å². The highest BCUT2D eigenvalue weighted by Gasteiger charge is 2.10. The molecule has 2 N–H and O–H groups in total. The van der Waals surface area contributed by atoms with Crippen molar-refractivity contribution in [2.75, 3.05) is 0 Å². The van der Waals surface area contributed by atoms with Crippen LogP contribution in [-0.4, -0.2) is 0 Å². The second-order valence-corrected chi connectivity index (χ2v) is 4.78. The summed E-state index contributed by atoms with van der Waals surface area (Å²) < 4.78 is 5.85. The van der Waals surface area contributed by atoms with Crippen LogP contribution in [0.5, 0.6) is 0 Å². The molecule has 2 aromatic carbocycles. The maximum Gasteiger partial charge on any atom is 0.134 e. The van der Waals surface area contributed by atoms with Crippen LogP contribution in [0.2, 0.25) is 0 Å². The number of furan rings is 1. The summed E-state index contributed by atoms with van der Waals surface area (Å²) >= 11 is 0. The zero-order valence-corrected chi connectivity index (χ0v) is 11.0. The number of nitrogens with two attached hydrogens (primary N) is 1. The molecule has 1 heterocycles. The van der Waals surface area contributed by atoms with Gasteiger partial charge in [0.15, 0.2) is 0 Å². The number of benzene rings is 2. The Morgan fingerprint density at radius 3 is 2.58 bits per heavy atom. The summed E-state index contributed by atoms with van der Waals surface area (Å²) in [6.07, 6.45) is 0.880. The molecule has 0 saturated carbocycles. The minimum atomic E-state index is -0.0193. The zero-order valence-electron chi connectivity index (χ0n) is 11.0. The fourth-order valence-corrected chi connectivity index (χ4v) is 2.25. The lowest BCUT2D eigenvalue weighted by atomic mass is 10.1. The summed E-state index contributed by atoms with van der Waals surface area (Å²) in [5.41, 5.74) is 7.07. The molecule has 0 aliphatic heterocycles. The lowest BCUT2D eigenvalue weighted by Gasteiger charge is -2.04. The van der Waals surface area contributed by atoms with Crippen LogP contribution in [0.15, 0.2) is 59.0 Å². The van der Waals surface area contributed by atoms with Gasteiger partial charge in [0.25, 0.3) is 0 Å². The molecular formula is C17H17NO. The Morgan fingerprint density at radius 2 is 1.79 bits per heavy atom. The van der Waals surface area contributed by atoms with Gasteiger partial charge in [-0.15, -0.1) is 0 Å². The summed E-state index contributed by atoms with van der Waals surface area (Å²) in [4.78, 5) is 0. The van der Waals surface area contributed by atoms with Crippen LogP contribution in [-0.2, 0) is 0 Å². The molecule has 19 heavy (non-hydrogen) atoms. The van der Waals surface area contributed by atoms with Crippen molar-refractivity contribution in [3.63, 3.8) is 0 Å². The molecule has 0 aliphatic carbocycles. The van der Waals surface area contributed by atoms with Crippen LogP contribution in [0.4, 0.5) is 0 Å². The molecule has 3 aromatic rings. The molecule has 2 nitrogen and oxygen atoms in total. The molecule has 2 heteroatoms. The minimum Gasteiger partial charge on any atom is -0.459 e. The molecule has 0 radical (unpaired) electrons. The fraction of sp³-hybridized carbons (Fsp3) is 0.176. The summed E-state index contributed by atoms with van der Waals surface area (Å²) in [6.45, 7) is 2.06. The molecule has 1 aromatic heterocycles. The number of fused-ring (bicyclic) bond motifs is 1. The van der Waals surface area contributed by atoms with Crippen molar-refractivity contribution >= 4 is 10.8 Å². The first-order valence-electron chi connectivity index (χ1n) is 6.62. The van der Waals surface area contributed by atoms with Gasteiger partial charge in [0, 0.05) is 5.56 Å². The van der Waals surface area contributed by atoms with E-state index in [-0.39, 0.29) is 6.04 Å². The maximum absolute atomic E-state index is 5.98. The van der Waals surface area contributed by atoms with Gasteiger partial charge < -0.3 is 10.2 Å². The molecule has 0 spiro atoms. The Hall–Kier alpha value is -2.06. The normalized spacial score (nSPS) is 12.7. The van der Waals surface area contributed by atoms with Gasteiger partial charge in [-0.25, -0.2) is 0 Å². The Bertz CT molecular complexity index is 699. The van der Waals surface area contributed by atoms with E-state index in [2.05, 4.69) is 37.3 Å². The third kappa shape index (κ3) is 2.27. The zero-order chi connectivity index (χ0) is 13.2. The average Bonchev–Trinajstić information content (AvgIpc) is 2.95. The van der Waals surface area contributed by atoms with E-state index in [9.17, 15) is 0 Å². The van der Waals surface area contributed by atoms with Crippen molar-refractivity contribution in [2.24, 2.45) is 5.73 Å². The van der Waals surface area contributed by atoms with Gasteiger partial charge in [-0.3, -0.25) is 0 Å². The predicted octanol–water partition coefficient (Wildman–Crippen LogP) is 4.51. The predicted molar refractivity (Wildman–Crippen MR) is 78.9 cm³/mol. The van der Waals surface area contributed by atoms with Gasteiger partial charge in [-0.1, -0.05) is 43.3 Å². The largest absolute Gasteiger partial charge is 0.459 e. The fourth-order valence-electron chi connectivity index (χ4n) is 2.25. The second-order valence-electron chi connectivity index (χ2n) is 4.78. The van der Waals surface area contributed by atoms with E-state index in [1.165, 1.54) is 10.8 Å². The van der Waals surface area contributed by atoms with Crippen molar-refractivity contribution in [1.29, 1.82) is 0 Å². The van der Waals surface area contributed by atoms with Gasteiger partial charge in [0.05, 0.1) is 6.04 Å². The standard InChI is InChI=1S/C17H17NO/c1-2-15(18)17-10-9-16(19-17)14-8-7-12-5-3-4-6-13(12)11-14/h3-11,15H,2,18H2,1H3. The van der Waals surface area contributed by atoms with E-state index in [0.29, 0.717) is 0 Å². The van der Waals surface area contributed by atoms with E-state index < -0.39 is 0 Å². The molecular weight excluding hydrogens is 234 g/mol. The van der Waals surface area contributed by atoms with Crippen LogP contribution in [0, 0.1) is 0 Å². The van der Waals surface area contributed by atoms with Gasteiger partial charge in [0.2, 0.25) is 0 Å². The number of hydrogen-bond acceptors (Lipinski definition) is 2. The van der Waals surface area contributed by atoms with Crippen LogP contribution < -0.4 is 5.73 Å². The van der Waals surface area contributed by atoms with Crippen molar-refractivity contribution in [1.82, 2.24) is 0 Å². The van der Waals surface area contributed by atoms with Crippen LogP contribution in [0.25, 0.3) is 22.1 Å². The first-order valence-corrected chi connectivity index (χ1v) is 6.62. The highest BCUT2D eigenvalue weighted by molar-refractivity contribution is 5.86. The molecule has 3 rings (SSSR count). The van der Waals surface area contributed by atoms with Crippen molar-refractivity contribution < 1.29 is 4.42 Å². The highest BCUT2D eigenvalue weighted by Crippen LogP contribution is 2.28. The first kappa shape index (κ1) is 12.0. The molecule has 0 aliphatic rings. The van der Waals surface area contributed by atoms with E-state index in [1.54, 1.807) is 0 Å². The summed E-state index contributed by atoms with van der Waals surface area (Å²) in [5, 5.41) is 2.46. The lowest BCUT2D eigenvalue weighted by Crippen LogP contribution is -2.06. The monoisotopic (exact) mass is 251 g/mol. The Balaban J connectivity index is 2.01. The smallest absolute Gasteiger partial charge is 0.134 e. The molecule has 0 saturated heterocycles. The van der Waals surface area contributed by atoms with Gasteiger partial charge in [-0.05, 0) is 35.4 Å². The topological polar surface area (TPSA) is 39.2 Å². The Kier molecular flexibility index (Phi) is 3.10. The Morgan fingerprint density at radius 1 is 1.00 bits per heavy atom. The quantitative estimate of drug-likeness (QED) is 0.743. The molecule has 0 fully saturated rings. The highest BCUT2D eigenvalue weighted by atomic mass is 16.3. The number of hydrogen-bond donors (Lipinski definition) is 1. The van der Waals surface area contributed by atoms with Crippen LogP contribution in [0.1, 0.15) is 25.1 Å². The van der Waals surface area contributed by atoms with Crippen molar-refractivity contribution in [3.8, 4) is 11.3 Å². The van der Waals surface area contributed by atoms with E-state index in [4.69, 9.17) is 10.2 Å². The van der Waals surface area contributed by atoms with E-state index in [1.807, 2.05) is 24.3 Å². The minimum absolute atomic E-state index is 0.0193. The Labute approximate surface area is 112 Å². The molecule has 96 valence electrons. The van der Waals surface area contributed by atoms with Gasteiger partial charge >= 0.3 is 0 Å². The van der Waals surface area contributed by atoms with Crippen molar-refractivity contribution in [3.05, 3.63) is 60.4 Å². The second kappa shape index (κ2) is 4.90. The SMILES string of the molecule is CCC(N)c1ccc(-c2ccc3ccccc3c2)o1. The molecule has 0 amide bonds. The van der Waals surface area contributed by atoms with Crippen molar-refractivity contribution in [2.45, 2.75) is 19.4 Å². The van der Waals surface area contributed by atoms with Gasteiger partial charge in [-0.2, -0.15) is 0 Å². The van der Waals surface area contributed by atoms with E-state index >= 15 is 0 Å². The maximum atomic E-state index is 5.98. The van der Waals surface area contributed by atoms with E-state index in [0.717, 1.165) is 23.5 Å². The molecule has 1 atom stereocenters. The lowest BCUT2D eigenvalue weighted by molar-refractivity contribution is 0.470.